The number of urea groups is 1. The number of benzene rings is 3. The summed E-state index contributed by atoms with van der Waals surface area (Å²) in [5, 5.41) is 6.95. The van der Waals surface area contributed by atoms with E-state index in [0.29, 0.717) is 40.4 Å². The van der Waals surface area contributed by atoms with Crippen molar-refractivity contribution < 1.29 is 22.8 Å². The number of allylic oxidation sites excluding steroid dienone is 1. The minimum atomic E-state index is -0.757. The highest BCUT2D eigenvalue weighted by atomic mass is 19.1. The van der Waals surface area contributed by atoms with Gasteiger partial charge in [0.1, 0.15) is 17.4 Å². The van der Waals surface area contributed by atoms with Crippen LogP contribution in [0.25, 0.3) is 17.0 Å². The molecule has 0 saturated carbocycles. The first-order valence-electron chi connectivity index (χ1n) is 11.3. The molecule has 2 heterocycles. The van der Waals surface area contributed by atoms with Gasteiger partial charge >= 0.3 is 6.03 Å². The van der Waals surface area contributed by atoms with Crippen molar-refractivity contribution in [3.63, 3.8) is 0 Å². The molecule has 36 heavy (non-hydrogen) atoms. The average Bonchev–Trinajstić information content (AvgIpc) is 3.35. The summed E-state index contributed by atoms with van der Waals surface area (Å²) in [7, 11) is 0. The van der Waals surface area contributed by atoms with Gasteiger partial charge in [0.15, 0.2) is 0 Å². The molecule has 5 rings (SSSR count). The molecule has 0 bridgehead atoms. The molecule has 2 amide bonds. The molecule has 0 spiro atoms. The molecule has 1 unspecified atom stereocenters. The topological polar surface area (TPSA) is 80.5 Å². The van der Waals surface area contributed by atoms with Crippen LogP contribution in [0.4, 0.5) is 19.3 Å². The molecule has 1 atom stereocenters. The second-order valence-corrected chi connectivity index (χ2v) is 8.13. The molecule has 1 aromatic heterocycles. The number of rotatable bonds is 6. The first kappa shape index (κ1) is 23.2. The number of aromatic nitrogens is 2. The van der Waals surface area contributed by atoms with Crippen LogP contribution in [0.1, 0.15) is 31.3 Å². The van der Waals surface area contributed by atoms with Gasteiger partial charge in [0.05, 0.1) is 23.9 Å². The van der Waals surface area contributed by atoms with Crippen molar-refractivity contribution in [2.75, 3.05) is 11.5 Å². The summed E-state index contributed by atoms with van der Waals surface area (Å²) in [6, 6.07) is 17.7. The van der Waals surface area contributed by atoms with Crippen molar-refractivity contribution in [3.05, 3.63) is 102 Å². The van der Waals surface area contributed by atoms with Gasteiger partial charge in [-0.1, -0.05) is 29.4 Å². The molecule has 182 valence electrons. The van der Waals surface area contributed by atoms with Crippen molar-refractivity contribution >= 4 is 17.3 Å². The molecular weight excluding hydrogens is 466 g/mol. The zero-order chi connectivity index (χ0) is 25.2. The fourth-order valence-corrected chi connectivity index (χ4v) is 4.20. The lowest BCUT2D eigenvalue weighted by molar-refractivity contribution is 0.244. The van der Waals surface area contributed by atoms with Gasteiger partial charge in [0.25, 0.3) is 5.89 Å². The van der Waals surface area contributed by atoms with Gasteiger partial charge in [-0.05, 0) is 67.9 Å². The third kappa shape index (κ3) is 4.43. The predicted molar refractivity (Wildman–Crippen MR) is 130 cm³/mol. The van der Waals surface area contributed by atoms with Crippen LogP contribution in [-0.2, 0) is 0 Å². The zero-order valence-corrected chi connectivity index (χ0v) is 19.5. The molecule has 0 fully saturated rings. The summed E-state index contributed by atoms with van der Waals surface area (Å²) in [6.45, 7) is 4.16. The van der Waals surface area contributed by atoms with Gasteiger partial charge in [-0.3, -0.25) is 4.90 Å². The van der Waals surface area contributed by atoms with E-state index < -0.39 is 23.7 Å². The molecule has 7 nitrogen and oxygen atoms in total. The number of amides is 2. The van der Waals surface area contributed by atoms with Crippen LogP contribution in [0.3, 0.4) is 0 Å². The Balaban J connectivity index is 1.63. The van der Waals surface area contributed by atoms with Crippen LogP contribution in [0, 0.1) is 11.6 Å². The fraction of sp³-hybridized carbons (Fsp3) is 0.148. The smallest absolute Gasteiger partial charge is 0.326 e. The number of anilines is 1. The van der Waals surface area contributed by atoms with E-state index in [0.717, 1.165) is 0 Å². The molecule has 1 aliphatic rings. The van der Waals surface area contributed by atoms with Crippen molar-refractivity contribution in [3.8, 4) is 17.1 Å². The highest BCUT2D eigenvalue weighted by molar-refractivity contribution is 6.01. The van der Waals surface area contributed by atoms with E-state index in [1.54, 1.807) is 55.5 Å². The predicted octanol–water partition coefficient (Wildman–Crippen LogP) is 6.12. The number of ether oxygens (including phenoxy) is 1. The lowest BCUT2D eigenvalue weighted by Crippen LogP contribution is -2.46. The Hall–Kier alpha value is -4.53. The Morgan fingerprint density at radius 1 is 1.03 bits per heavy atom. The van der Waals surface area contributed by atoms with Crippen molar-refractivity contribution in [2.24, 2.45) is 0 Å². The second-order valence-electron chi connectivity index (χ2n) is 8.13. The third-order valence-electron chi connectivity index (χ3n) is 5.81. The number of carbonyl (C=O) groups is 1. The summed E-state index contributed by atoms with van der Waals surface area (Å²) < 4.78 is 39.0. The first-order valence-corrected chi connectivity index (χ1v) is 11.3. The van der Waals surface area contributed by atoms with Crippen LogP contribution in [0.5, 0.6) is 5.75 Å². The maximum atomic E-state index is 14.1. The Bertz CT molecular complexity index is 1450. The Labute approximate surface area is 206 Å². The number of hydrogen-bond donors (Lipinski definition) is 1. The van der Waals surface area contributed by atoms with Crippen LogP contribution >= 0.6 is 0 Å². The molecule has 1 N–H and O–H groups in total. The van der Waals surface area contributed by atoms with E-state index in [2.05, 4.69) is 15.5 Å². The third-order valence-corrected chi connectivity index (χ3v) is 5.81. The normalized spacial score (nSPS) is 15.7. The summed E-state index contributed by atoms with van der Waals surface area (Å²) in [5.41, 5.74) is 2.55. The number of halogens is 2. The van der Waals surface area contributed by atoms with Gasteiger partial charge in [0, 0.05) is 11.3 Å². The van der Waals surface area contributed by atoms with Gasteiger partial charge in [-0.25, -0.2) is 13.6 Å². The maximum absolute atomic E-state index is 14.1. The molecule has 1 aliphatic heterocycles. The number of carbonyl (C=O) groups excluding carboxylic acids is 1. The van der Waals surface area contributed by atoms with Crippen molar-refractivity contribution in [2.45, 2.75) is 19.9 Å². The summed E-state index contributed by atoms with van der Waals surface area (Å²) in [5.74, 6) is 0.108. The number of nitrogens with one attached hydrogen (secondary N) is 1. The van der Waals surface area contributed by atoms with E-state index in [4.69, 9.17) is 9.26 Å². The second kappa shape index (κ2) is 9.61. The van der Waals surface area contributed by atoms with Gasteiger partial charge in [-0.2, -0.15) is 4.98 Å². The molecule has 0 radical (unpaired) electrons. The van der Waals surface area contributed by atoms with E-state index >= 15 is 0 Å². The maximum Gasteiger partial charge on any atom is 0.326 e. The molecular formula is C27H22F2N4O3. The molecule has 0 saturated heterocycles. The summed E-state index contributed by atoms with van der Waals surface area (Å²) in [4.78, 5) is 19.2. The van der Waals surface area contributed by atoms with Crippen molar-refractivity contribution in [1.29, 1.82) is 0 Å². The Morgan fingerprint density at radius 2 is 1.75 bits per heavy atom. The van der Waals surface area contributed by atoms with Crippen LogP contribution in [-0.4, -0.2) is 22.8 Å². The lowest BCUT2D eigenvalue weighted by Gasteiger charge is -2.35. The number of hydrogen-bond acceptors (Lipinski definition) is 5. The molecule has 3 aromatic carbocycles. The highest BCUT2D eigenvalue weighted by Gasteiger charge is 2.36. The fourth-order valence-electron chi connectivity index (χ4n) is 4.20. The molecule has 9 heteroatoms. The first-order chi connectivity index (χ1) is 17.4. The van der Waals surface area contributed by atoms with Crippen LogP contribution in [0.15, 0.2) is 83.0 Å². The van der Waals surface area contributed by atoms with E-state index in [1.165, 1.54) is 29.2 Å². The lowest BCUT2D eigenvalue weighted by atomic mass is 9.94. The SMILES string of the molecule is CCOc1ccc(N2C(=O)NC(c3cccc(F)c3)C(c3nc(-c4cccc(F)c4)no3)=C2C)cc1. The van der Waals surface area contributed by atoms with E-state index in [1.807, 2.05) is 6.92 Å². The van der Waals surface area contributed by atoms with Crippen LogP contribution in [0.2, 0.25) is 0 Å². The Morgan fingerprint density at radius 3 is 2.44 bits per heavy atom. The van der Waals surface area contributed by atoms with E-state index in [-0.39, 0.29) is 11.7 Å². The Kier molecular flexibility index (Phi) is 6.20. The van der Waals surface area contributed by atoms with Gasteiger partial charge < -0.3 is 14.6 Å². The molecule has 0 aliphatic carbocycles. The molecule has 4 aromatic rings. The highest BCUT2D eigenvalue weighted by Crippen LogP contribution is 2.39. The zero-order valence-electron chi connectivity index (χ0n) is 19.5. The largest absolute Gasteiger partial charge is 0.494 e. The summed E-state index contributed by atoms with van der Waals surface area (Å²) >= 11 is 0. The van der Waals surface area contributed by atoms with Gasteiger partial charge in [-0.15, -0.1) is 0 Å². The number of nitrogens with zero attached hydrogens (tertiary/aromatic N) is 3. The van der Waals surface area contributed by atoms with E-state index in [9.17, 15) is 13.6 Å². The average molecular weight is 488 g/mol. The minimum absolute atomic E-state index is 0.122. The monoisotopic (exact) mass is 488 g/mol. The quantitative estimate of drug-likeness (QED) is 0.354. The van der Waals surface area contributed by atoms with Crippen LogP contribution < -0.4 is 15.0 Å². The minimum Gasteiger partial charge on any atom is -0.494 e. The summed E-state index contributed by atoms with van der Waals surface area (Å²) in [6.07, 6.45) is 0. The van der Waals surface area contributed by atoms with Gasteiger partial charge in [0.2, 0.25) is 5.82 Å². The standard InChI is InChI=1S/C27H22F2N4O3/c1-3-35-22-12-10-21(11-13-22)33-16(2)23(24(30-27(33)34)17-6-4-8-19(28)14-17)26-31-25(32-36-26)18-7-5-9-20(29)15-18/h4-15,24H,3H2,1-2H3,(H,30,34). The van der Waals surface area contributed by atoms with Crippen molar-refractivity contribution in [1.82, 2.24) is 15.5 Å².